The summed E-state index contributed by atoms with van der Waals surface area (Å²) < 4.78 is 9.51. The number of benzene rings is 1. The molecule has 23 heavy (non-hydrogen) atoms. The number of nitrogens with zero attached hydrogens (tertiary/aromatic N) is 4. The first-order valence-electron chi connectivity index (χ1n) is 8.09. The maximum atomic E-state index is 5.09. The first-order valence-corrected chi connectivity index (χ1v) is 8.87. The van der Waals surface area contributed by atoms with Crippen LogP contribution < -0.4 is 4.90 Å². The third kappa shape index (κ3) is 4.28. The van der Waals surface area contributed by atoms with Gasteiger partial charge in [0.25, 0.3) is 0 Å². The minimum Gasteiger partial charge on any atom is -0.384 e. The summed E-state index contributed by atoms with van der Waals surface area (Å²) in [7, 11) is 1.71. The fourth-order valence-corrected chi connectivity index (χ4v) is 3.56. The van der Waals surface area contributed by atoms with Crippen molar-refractivity contribution in [3.8, 4) is 0 Å². The SMILES string of the molecule is COCCc1nsc(N2CCN(Cc3ccccc3C)CC2)n1. The highest BCUT2D eigenvalue weighted by atomic mass is 32.1. The van der Waals surface area contributed by atoms with Crippen molar-refractivity contribution in [3.05, 3.63) is 41.2 Å². The number of aryl methyl sites for hydroxylation is 1. The lowest BCUT2D eigenvalue weighted by Crippen LogP contribution is -2.46. The summed E-state index contributed by atoms with van der Waals surface area (Å²) in [6.07, 6.45) is 0.792. The molecule has 2 aromatic rings. The monoisotopic (exact) mass is 332 g/mol. The van der Waals surface area contributed by atoms with Crippen molar-refractivity contribution in [3.63, 3.8) is 0 Å². The predicted octanol–water partition coefficient (Wildman–Crippen LogP) is 2.36. The molecule has 0 unspecified atom stereocenters. The second-order valence-corrected chi connectivity index (χ2v) is 6.66. The lowest BCUT2D eigenvalue weighted by atomic mass is 10.1. The fraction of sp³-hybridized carbons (Fsp3) is 0.529. The van der Waals surface area contributed by atoms with Crippen LogP contribution in [0.3, 0.4) is 0 Å². The summed E-state index contributed by atoms with van der Waals surface area (Å²) in [5.41, 5.74) is 2.81. The van der Waals surface area contributed by atoms with Crippen LogP contribution >= 0.6 is 11.5 Å². The van der Waals surface area contributed by atoms with Crippen molar-refractivity contribution in [2.75, 3.05) is 44.8 Å². The van der Waals surface area contributed by atoms with Gasteiger partial charge >= 0.3 is 0 Å². The van der Waals surface area contributed by atoms with Gasteiger partial charge in [0.05, 0.1) is 6.61 Å². The van der Waals surface area contributed by atoms with Gasteiger partial charge in [-0.25, -0.2) is 4.98 Å². The summed E-state index contributed by atoms with van der Waals surface area (Å²) in [6.45, 7) is 8.09. The Morgan fingerprint density at radius 2 is 1.96 bits per heavy atom. The molecule has 0 saturated carbocycles. The van der Waals surface area contributed by atoms with Gasteiger partial charge in [-0.3, -0.25) is 4.90 Å². The van der Waals surface area contributed by atoms with E-state index in [4.69, 9.17) is 4.74 Å². The van der Waals surface area contributed by atoms with Crippen LogP contribution in [0.15, 0.2) is 24.3 Å². The van der Waals surface area contributed by atoms with Crippen molar-refractivity contribution in [2.24, 2.45) is 0 Å². The quantitative estimate of drug-likeness (QED) is 0.812. The van der Waals surface area contributed by atoms with Gasteiger partial charge < -0.3 is 9.64 Å². The van der Waals surface area contributed by atoms with E-state index in [1.54, 1.807) is 7.11 Å². The zero-order valence-corrected chi connectivity index (χ0v) is 14.7. The molecular weight excluding hydrogens is 308 g/mol. The van der Waals surface area contributed by atoms with Gasteiger partial charge in [-0.15, -0.1) is 0 Å². The van der Waals surface area contributed by atoms with Crippen LogP contribution in [0.1, 0.15) is 17.0 Å². The van der Waals surface area contributed by atoms with E-state index in [1.807, 2.05) is 0 Å². The normalized spacial score (nSPS) is 16.0. The number of aromatic nitrogens is 2. The fourth-order valence-electron chi connectivity index (χ4n) is 2.79. The average Bonchev–Trinajstić information content (AvgIpc) is 3.05. The first-order chi connectivity index (χ1) is 11.3. The standard InChI is InChI=1S/C17H24N4OS/c1-14-5-3-4-6-15(14)13-20-8-10-21(11-9-20)17-18-16(19-23-17)7-12-22-2/h3-6H,7-13H2,1-2H3. The summed E-state index contributed by atoms with van der Waals surface area (Å²) in [5.74, 6) is 0.897. The Morgan fingerprint density at radius 1 is 1.17 bits per heavy atom. The van der Waals surface area contributed by atoms with Gasteiger partial charge in [-0.1, -0.05) is 24.3 Å². The van der Waals surface area contributed by atoms with E-state index < -0.39 is 0 Å². The molecule has 124 valence electrons. The molecule has 0 N–H and O–H groups in total. The molecule has 0 bridgehead atoms. The van der Waals surface area contributed by atoms with E-state index in [9.17, 15) is 0 Å². The van der Waals surface area contributed by atoms with Crippen molar-refractivity contribution in [1.29, 1.82) is 0 Å². The van der Waals surface area contributed by atoms with Crippen LogP contribution in [-0.2, 0) is 17.7 Å². The number of rotatable bonds is 6. The van der Waals surface area contributed by atoms with E-state index >= 15 is 0 Å². The van der Waals surface area contributed by atoms with Gasteiger partial charge in [0, 0.05) is 57.8 Å². The number of hydrogen-bond donors (Lipinski definition) is 0. The molecule has 0 aliphatic carbocycles. The van der Waals surface area contributed by atoms with Crippen LogP contribution in [0.25, 0.3) is 0 Å². The zero-order valence-electron chi connectivity index (χ0n) is 13.9. The average molecular weight is 332 g/mol. The Labute approximate surface area is 142 Å². The summed E-state index contributed by atoms with van der Waals surface area (Å²) in [6, 6.07) is 8.65. The molecule has 6 heteroatoms. The molecule has 1 saturated heterocycles. The number of anilines is 1. The molecule has 1 aromatic heterocycles. The van der Waals surface area contributed by atoms with E-state index in [-0.39, 0.29) is 0 Å². The molecule has 2 heterocycles. The maximum Gasteiger partial charge on any atom is 0.205 e. The zero-order chi connectivity index (χ0) is 16.1. The second kappa shape index (κ2) is 7.86. The highest BCUT2D eigenvalue weighted by Gasteiger charge is 2.20. The molecule has 0 radical (unpaired) electrons. The second-order valence-electron chi connectivity index (χ2n) is 5.93. The Bertz CT molecular complexity index is 623. The third-order valence-corrected chi connectivity index (χ3v) is 5.10. The van der Waals surface area contributed by atoms with Crippen molar-refractivity contribution >= 4 is 16.7 Å². The van der Waals surface area contributed by atoms with Gasteiger partial charge in [-0.05, 0) is 18.1 Å². The molecule has 1 fully saturated rings. The van der Waals surface area contributed by atoms with Crippen LogP contribution in [0.4, 0.5) is 5.13 Å². The Kier molecular flexibility index (Phi) is 5.59. The molecule has 1 aromatic carbocycles. The molecule has 1 aliphatic heterocycles. The molecule has 3 rings (SSSR count). The summed E-state index contributed by atoms with van der Waals surface area (Å²) >= 11 is 1.50. The summed E-state index contributed by atoms with van der Waals surface area (Å²) in [5, 5.41) is 1.05. The van der Waals surface area contributed by atoms with Crippen LogP contribution in [0.5, 0.6) is 0 Å². The molecule has 5 nitrogen and oxygen atoms in total. The van der Waals surface area contributed by atoms with Gasteiger partial charge in [0.2, 0.25) is 5.13 Å². The number of hydrogen-bond acceptors (Lipinski definition) is 6. The van der Waals surface area contributed by atoms with Crippen molar-refractivity contribution in [2.45, 2.75) is 19.9 Å². The van der Waals surface area contributed by atoms with E-state index in [0.717, 1.165) is 50.1 Å². The van der Waals surface area contributed by atoms with Crippen LogP contribution in [0, 0.1) is 6.92 Å². The predicted molar refractivity (Wildman–Crippen MR) is 94.2 cm³/mol. The molecule has 0 atom stereocenters. The van der Waals surface area contributed by atoms with Gasteiger partial charge in [0.15, 0.2) is 0 Å². The lowest BCUT2D eigenvalue weighted by molar-refractivity contribution is 0.201. The van der Waals surface area contributed by atoms with Crippen molar-refractivity contribution in [1.82, 2.24) is 14.3 Å². The minimum absolute atomic E-state index is 0.681. The lowest BCUT2D eigenvalue weighted by Gasteiger charge is -2.34. The largest absolute Gasteiger partial charge is 0.384 e. The van der Waals surface area contributed by atoms with Crippen molar-refractivity contribution < 1.29 is 4.74 Å². The van der Waals surface area contributed by atoms with Gasteiger partial charge in [0.1, 0.15) is 5.82 Å². The first kappa shape index (κ1) is 16.4. The van der Waals surface area contributed by atoms with Gasteiger partial charge in [-0.2, -0.15) is 4.37 Å². The molecule has 1 aliphatic rings. The van der Waals surface area contributed by atoms with Crippen LogP contribution in [0.2, 0.25) is 0 Å². The molecule has 0 amide bonds. The Morgan fingerprint density at radius 3 is 2.70 bits per heavy atom. The summed E-state index contributed by atoms with van der Waals surface area (Å²) in [4.78, 5) is 9.50. The molecular formula is C17H24N4OS. The highest BCUT2D eigenvalue weighted by Crippen LogP contribution is 2.20. The van der Waals surface area contributed by atoms with E-state index in [2.05, 4.69) is 50.3 Å². The van der Waals surface area contributed by atoms with E-state index in [0.29, 0.717) is 6.61 Å². The van der Waals surface area contributed by atoms with Crippen LogP contribution in [-0.4, -0.2) is 54.2 Å². The number of ether oxygens (including phenoxy) is 1. The van der Waals surface area contributed by atoms with E-state index in [1.165, 1.54) is 22.7 Å². The number of piperazine rings is 1. The Hall–Kier alpha value is -1.50. The third-order valence-electron chi connectivity index (χ3n) is 4.29. The highest BCUT2D eigenvalue weighted by molar-refractivity contribution is 7.09. The minimum atomic E-state index is 0.681. The Balaban J connectivity index is 1.52. The molecule has 0 spiro atoms. The topological polar surface area (TPSA) is 41.5 Å². The number of methoxy groups -OCH3 is 1. The maximum absolute atomic E-state index is 5.09. The smallest absolute Gasteiger partial charge is 0.205 e.